The normalized spacial score (nSPS) is 10.2. The molecule has 0 spiro atoms. The fraction of sp³-hybridized carbons (Fsp3) is 0.300. The van der Waals surface area contributed by atoms with Crippen molar-refractivity contribution in [2.24, 2.45) is 5.73 Å². The van der Waals surface area contributed by atoms with Crippen molar-refractivity contribution in [2.75, 3.05) is 30.8 Å². The number of hydrogen-bond donors (Lipinski definition) is 3. The molecule has 0 bridgehead atoms. The van der Waals surface area contributed by atoms with Gasteiger partial charge in [0.25, 0.3) is 0 Å². The SMILES string of the molecule is NC(=O)COCCNc1cc(Br)c(F)cc1N. The maximum Gasteiger partial charge on any atom is 0.243 e. The first-order valence-electron chi connectivity index (χ1n) is 4.85. The van der Waals surface area contributed by atoms with Crippen molar-refractivity contribution in [1.29, 1.82) is 0 Å². The van der Waals surface area contributed by atoms with E-state index in [2.05, 4.69) is 21.2 Å². The molecule has 5 N–H and O–H groups in total. The van der Waals surface area contributed by atoms with Gasteiger partial charge >= 0.3 is 0 Å². The van der Waals surface area contributed by atoms with Crippen LogP contribution in [0.3, 0.4) is 0 Å². The van der Waals surface area contributed by atoms with Crippen LogP contribution in [0.5, 0.6) is 0 Å². The van der Waals surface area contributed by atoms with Gasteiger partial charge in [-0.1, -0.05) is 0 Å². The van der Waals surface area contributed by atoms with Gasteiger partial charge in [0.2, 0.25) is 5.91 Å². The highest BCUT2D eigenvalue weighted by atomic mass is 79.9. The van der Waals surface area contributed by atoms with E-state index in [1.54, 1.807) is 6.07 Å². The third-order valence-electron chi connectivity index (χ3n) is 1.90. The van der Waals surface area contributed by atoms with Crippen molar-refractivity contribution in [1.82, 2.24) is 0 Å². The topological polar surface area (TPSA) is 90.4 Å². The van der Waals surface area contributed by atoms with E-state index in [0.29, 0.717) is 29.0 Å². The molecule has 94 valence electrons. The van der Waals surface area contributed by atoms with Crippen LogP contribution in [-0.4, -0.2) is 25.7 Å². The molecule has 0 saturated carbocycles. The molecule has 0 fully saturated rings. The number of nitrogens with one attached hydrogen (secondary N) is 1. The number of hydrogen-bond acceptors (Lipinski definition) is 4. The molecule has 1 rings (SSSR count). The van der Waals surface area contributed by atoms with Crippen molar-refractivity contribution < 1.29 is 13.9 Å². The second kappa shape index (κ2) is 6.41. The van der Waals surface area contributed by atoms with Crippen molar-refractivity contribution in [3.8, 4) is 0 Å². The summed E-state index contributed by atoms with van der Waals surface area (Å²) in [5, 5.41) is 2.96. The first-order chi connectivity index (χ1) is 8.00. The quantitative estimate of drug-likeness (QED) is 0.542. The Hall–Kier alpha value is -1.34. The Balaban J connectivity index is 2.41. The van der Waals surface area contributed by atoms with Crippen LogP contribution < -0.4 is 16.8 Å². The molecule has 17 heavy (non-hydrogen) atoms. The third kappa shape index (κ3) is 4.58. The van der Waals surface area contributed by atoms with E-state index in [1.165, 1.54) is 6.07 Å². The largest absolute Gasteiger partial charge is 0.397 e. The Kier molecular flexibility index (Phi) is 5.17. The molecular weight excluding hydrogens is 293 g/mol. The Morgan fingerprint density at radius 2 is 2.24 bits per heavy atom. The standard InChI is InChI=1S/C10H13BrFN3O2/c11-6-3-9(8(13)4-7(6)12)15-1-2-17-5-10(14)16/h3-4,15H,1-2,5,13H2,(H2,14,16). The van der Waals surface area contributed by atoms with Gasteiger partial charge in [-0.15, -0.1) is 0 Å². The smallest absolute Gasteiger partial charge is 0.243 e. The number of anilines is 2. The maximum atomic E-state index is 13.1. The van der Waals surface area contributed by atoms with Crippen LogP contribution in [-0.2, 0) is 9.53 Å². The zero-order chi connectivity index (χ0) is 12.8. The summed E-state index contributed by atoms with van der Waals surface area (Å²) in [6, 6.07) is 2.76. The molecule has 1 amide bonds. The number of ether oxygens (including phenoxy) is 1. The first-order valence-corrected chi connectivity index (χ1v) is 5.64. The predicted octanol–water partition coefficient (Wildman–Crippen LogP) is 1.08. The maximum absolute atomic E-state index is 13.1. The number of primary amides is 1. The minimum Gasteiger partial charge on any atom is -0.397 e. The van der Waals surface area contributed by atoms with Gasteiger partial charge in [0.15, 0.2) is 0 Å². The molecule has 1 aromatic rings. The highest BCUT2D eigenvalue weighted by Gasteiger charge is 2.05. The molecule has 0 aliphatic carbocycles. The molecule has 0 heterocycles. The van der Waals surface area contributed by atoms with E-state index in [4.69, 9.17) is 16.2 Å². The van der Waals surface area contributed by atoms with E-state index in [1.807, 2.05) is 0 Å². The van der Waals surface area contributed by atoms with Crippen LogP contribution in [0.2, 0.25) is 0 Å². The van der Waals surface area contributed by atoms with E-state index >= 15 is 0 Å². The number of benzene rings is 1. The van der Waals surface area contributed by atoms with Crippen LogP contribution in [0.15, 0.2) is 16.6 Å². The molecular formula is C10H13BrFN3O2. The Morgan fingerprint density at radius 3 is 2.88 bits per heavy atom. The summed E-state index contributed by atoms with van der Waals surface area (Å²) in [7, 11) is 0. The van der Waals surface area contributed by atoms with Gasteiger partial charge in [-0.25, -0.2) is 4.39 Å². The minimum absolute atomic E-state index is 0.121. The molecule has 0 aliphatic rings. The number of rotatable bonds is 6. The Bertz CT molecular complexity index is 415. The molecule has 0 atom stereocenters. The Morgan fingerprint density at radius 1 is 1.53 bits per heavy atom. The fourth-order valence-electron chi connectivity index (χ4n) is 1.15. The highest BCUT2D eigenvalue weighted by molar-refractivity contribution is 9.10. The van der Waals surface area contributed by atoms with Crippen LogP contribution in [0.1, 0.15) is 0 Å². The average Bonchev–Trinajstić information content (AvgIpc) is 2.24. The summed E-state index contributed by atoms with van der Waals surface area (Å²) in [5.41, 5.74) is 11.4. The highest BCUT2D eigenvalue weighted by Crippen LogP contribution is 2.26. The molecule has 0 saturated heterocycles. The van der Waals surface area contributed by atoms with E-state index in [9.17, 15) is 9.18 Å². The fourth-order valence-corrected chi connectivity index (χ4v) is 1.49. The molecule has 0 aromatic heterocycles. The van der Waals surface area contributed by atoms with E-state index < -0.39 is 11.7 Å². The zero-order valence-electron chi connectivity index (χ0n) is 9.00. The number of carbonyl (C=O) groups excluding carboxylic acids is 1. The number of nitrogen functional groups attached to an aromatic ring is 1. The summed E-state index contributed by atoms with van der Waals surface area (Å²) < 4.78 is 18.3. The van der Waals surface area contributed by atoms with Crippen molar-refractivity contribution in [3.63, 3.8) is 0 Å². The van der Waals surface area contributed by atoms with E-state index in [0.717, 1.165) is 0 Å². The lowest BCUT2D eigenvalue weighted by atomic mass is 10.2. The number of carbonyl (C=O) groups is 1. The van der Waals surface area contributed by atoms with Crippen LogP contribution in [0.4, 0.5) is 15.8 Å². The van der Waals surface area contributed by atoms with Crippen molar-refractivity contribution in [3.05, 3.63) is 22.4 Å². The lowest BCUT2D eigenvalue weighted by Gasteiger charge is -2.10. The van der Waals surface area contributed by atoms with Crippen LogP contribution >= 0.6 is 15.9 Å². The van der Waals surface area contributed by atoms with Gasteiger partial charge < -0.3 is 21.5 Å². The lowest BCUT2D eigenvalue weighted by Crippen LogP contribution is -2.20. The molecule has 0 unspecified atom stereocenters. The van der Waals surface area contributed by atoms with Crippen LogP contribution in [0.25, 0.3) is 0 Å². The van der Waals surface area contributed by atoms with Gasteiger partial charge in [0.05, 0.1) is 22.5 Å². The average molecular weight is 306 g/mol. The summed E-state index contributed by atoms with van der Waals surface area (Å²) in [6.07, 6.45) is 0. The van der Waals surface area contributed by atoms with Crippen molar-refractivity contribution >= 4 is 33.2 Å². The minimum atomic E-state index is -0.519. The molecule has 0 aliphatic heterocycles. The second-order valence-corrected chi connectivity index (χ2v) is 4.15. The van der Waals surface area contributed by atoms with Gasteiger partial charge in [-0.3, -0.25) is 4.79 Å². The third-order valence-corrected chi connectivity index (χ3v) is 2.51. The second-order valence-electron chi connectivity index (χ2n) is 3.30. The Labute approximate surface area is 106 Å². The van der Waals surface area contributed by atoms with Crippen molar-refractivity contribution in [2.45, 2.75) is 0 Å². The zero-order valence-corrected chi connectivity index (χ0v) is 10.6. The lowest BCUT2D eigenvalue weighted by molar-refractivity contribution is -0.122. The summed E-state index contributed by atoms with van der Waals surface area (Å²) in [4.78, 5) is 10.4. The van der Waals surface area contributed by atoms with E-state index in [-0.39, 0.29) is 6.61 Å². The molecule has 0 radical (unpaired) electrons. The first kappa shape index (κ1) is 13.7. The molecule has 5 nitrogen and oxygen atoms in total. The van der Waals surface area contributed by atoms with Gasteiger partial charge in [0, 0.05) is 12.6 Å². The number of nitrogens with two attached hydrogens (primary N) is 2. The van der Waals surface area contributed by atoms with Gasteiger partial charge in [-0.05, 0) is 22.0 Å². The van der Waals surface area contributed by atoms with Crippen LogP contribution in [0, 0.1) is 5.82 Å². The van der Waals surface area contributed by atoms with Gasteiger partial charge in [0.1, 0.15) is 12.4 Å². The predicted molar refractivity (Wildman–Crippen MR) is 67.0 cm³/mol. The summed E-state index contributed by atoms with van der Waals surface area (Å²) in [5.74, 6) is -0.938. The molecule has 7 heteroatoms. The number of amides is 1. The van der Waals surface area contributed by atoms with Gasteiger partial charge in [-0.2, -0.15) is 0 Å². The monoisotopic (exact) mass is 305 g/mol. The molecule has 1 aromatic carbocycles. The summed E-state index contributed by atoms with van der Waals surface area (Å²) in [6.45, 7) is 0.622. The summed E-state index contributed by atoms with van der Waals surface area (Å²) >= 11 is 3.06. The number of halogens is 2.